The summed E-state index contributed by atoms with van der Waals surface area (Å²) in [6.07, 6.45) is 0. The van der Waals surface area contributed by atoms with Crippen molar-refractivity contribution in [2.45, 2.75) is 0 Å². The second-order valence-corrected chi connectivity index (χ2v) is 3.80. The van der Waals surface area contributed by atoms with E-state index in [2.05, 4.69) is 5.10 Å². The molecule has 0 aliphatic rings. The van der Waals surface area contributed by atoms with Gasteiger partial charge in [0.05, 0.1) is 5.69 Å². The number of carboxylic acid groups (broad SMARTS) is 1. The highest BCUT2D eigenvalue weighted by atomic mass is 19.1. The molecule has 7 heteroatoms. The summed E-state index contributed by atoms with van der Waals surface area (Å²) in [4.78, 5) is 10.4. The van der Waals surface area contributed by atoms with Crippen molar-refractivity contribution in [3.63, 3.8) is 0 Å². The molecule has 0 aliphatic carbocycles. The second-order valence-electron chi connectivity index (χ2n) is 3.80. The van der Waals surface area contributed by atoms with E-state index in [0.29, 0.717) is 5.69 Å². The van der Waals surface area contributed by atoms with Gasteiger partial charge in [0.1, 0.15) is 11.6 Å². The largest absolute Gasteiger partial charge is 0.479 e. The van der Waals surface area contributed by atoms with Crippen molar-refractivity contribution in [3.05, 3.63) is 35.9 Å². The summed E-state index contributed by atoms with van der Waals surface area (Å²) >= 11 is 0. The van der Waals surface area contributed by atoms with Crippen molar-refractivity contribution in [2.75, 3.05) is 6.61 Å². The molecule has 0 atom stereocenters. The van der Waals surface area contributed by atoms with Crippen LogP contribution in [0, 0.1) is 11.6 Å². The maximum atomic E-state index is 13.6. The Morgan fingerprint density at radius 2 is 2.16 bits per heavy atom. The summed E-state index contributed by atoms with van der Waals surface area (Å²) in [7, 11) is 1.55. The maximum absolute atomic E-state index is 13.6. The van der Waals surface area contributed by atoms with E-state index in [9.17, 15) is 13.6 Å². The lowest BCUT2D eigenvalue weighted by Gasteiger charge is -2.02. The van der Waals surface area contributed by atoms with Crippen LogP contribution in [0.15, 0.2) is 24.3 Å². The van der Waals surface area contributed by atoms with Gasteiger partial charge in [0, 0.05) is 24.7 Å². The number of halogens is 2. The standard InChI is InChI=1S/C12H10F2N2O3/c1-16-10(5-11(15-16)19-6-12(17)18)8-3-2-7(13)4-9(8)14/h2-5H,6H2,1H3,(H,17,18). The molecule has 0 unspecified atom stereocenters. The SMILES string of the molecule is Cn1nc(OCC(=O)O)cc1-c1ccc(F)cc1F. The van der Waals surface area contributed by atoms with Gasteiger partial charge in [0.2, 0.25) is 5.88 Å². The van der Waals surface area contributed by atoms with E-state index in [0.717, 1.165) is 12.1 Å². The maximum Gasteiger partial charge on any atom is 0.341 e. The van der Waals surface area contributed by atoms with Crippen molar-refractivity contribution in [1.82, 2.24) is 9.78 Å². The molecular formula is C12H10F2N2O3. The number of aromatic nitrogens is 2. The van der Waals surface area contributed by atoms with Crippen LogP contribution in [0.3, 0.4) is 0 Å². The predicted molar refractivity (Wildman–Crippen MR) is 61.7 cm³/mol. The van der Waals surface area contributed by atoms with Gasteiger partial charge in [-0.15, -0.1) is 5.10 Å². The number of carboxylic acids is 1. The van der Waals surface area contributed by atoms with E-state index < -0.39 is 24.2 Å². The Hall–Kier alpha value is -2.44. The predicted octanol–water partition coefficient (Wildman–Crippen LogP) is 1.83. The molecule has 0 aliphatic heterocycles. The lowest BCUT2D eigenvalue weighted by Crippen LogP contribution is -2.09. The number of benzene rings is 1. The molecule has 0 fully saturated rings. The van der Waals surface area contributed by atoms with Gasteiger partial charge in [-0.05, 0) is 12.1 Å². The second kappa shape index (κ2) is 5.05. The van der Waals surface area contributed by atoms with E-state index in [1.807, 2.05) is 0 Å². The third-order valence-corrected chi connectivity index (χ3v) is 2.41. The molecule has 0 saturated heterocycles. The number of rotatable bonds is 4. The summed E-state index contributed by atoms with van der Waals surface area (Å²) in [6.45, 7) is -0.539. The minimum atomic E-state index is -1.14. The number of aliphatic carboxylic acids is 1. The Labute approximate surface area is 107 Å². The van der Waals surface area contributed by atoms with E-state index >= 15 is 0 Å². The number of hydrogen-bond acceptors (Lipinski definition) is 3. The van der Waals surface area contributed by atoms with Gasteiger partial charge < -0.3 is 9.84 Å². The third-order valence-electron chi connectivity index (χ3n) is 2.41. The van der Waals surface area contributed by atoms with E-state index in [4.69, 9.17) is 9.84 Å². The smallest absolute Gasteiger partial charge is 0.341 e. The summed E-state index contributed by atoms with van der Waals surface area (Å²) in [6, 6.07) is 4.56. The summed E-state index contributed by atoms with van der Waals surface area (Å²) in [5.74, 6) is -2.48. The van der Waals surface area contributed by atoms with E-state index in [1.54, 1.807) is 7.05 Å². The molecule has 1 N–H and O–H groups in total. The minimum absolute atomic E-state index is 0.0589. The van der Waals surface area contributed by atoms with Crippen LogP contribution in [-0.2, 0) is 11.8 Å². The molecule has 100 valence electrons. The highest BCUT2D eigenvalue weighted by Gasteiger charge is 2.13. The van der Waals surface area contributed by atoms with Gasteiger partial charge >= 0.3 is 5.97 Å². The zero-order valence-electron chi connectivity index (χ0n) is 9.93. The zero-order valence-corrected chi connectivity index (χ0v) is 9.93. The number of aryl methyl sites for hydroxylation is 1. The van der Waals surface area contributed by atoms with Crippen molar-refractivity contribution >= 4 is 5.97 Å². The molecule has 0 bridgehead atoms. The minimum Gasteiger partial charge on any atom is -0.479 e. The Balaban J connectivity index is 2.32. The van der Waals surface area contributed by atoms with E-state index in [-0.39, 0.29) is 11.4 Å². The van der Waals surface area contributed by atoms with Gasteiger partial charge in [-0.25, -0.2) is 13.6 Å². The Morgan fingerprint density at radius 1 is 1.42 bits per heavy atom. The fourth-order valence-electron chi connectivity index (χ4n) is 1.60. The first-order chi connectivity index (χ1) is 8.97. The summed E-state index contributed by atoms with van der Waals surface area (Å²) in [5.41, 5.74) is 0.513. The number of carbonyl (C=O) groups is 1. The fourth-order valence-corrected chi connectivity index (χ4v) is 1.60. The van der Waals surface area contributed by atoms with Crippen LogP contribution >= 0.6 is 0 Å². The van der Waals surface area contributed by atoms with Crippen molar-refractivity contribution in [3.8, 4) is 17.1 Å². The highest BCUT2D eigenvalue weighted by Crippen LogP contribution is 2.26. The first kappa shape index (κ1) is 13.0. The molecule has 5 nitrogen and oxygen atoms in total. The molecule has 2 aromatic rings. The van der Waals surface area contributed by atoms with Crippen molar-refractivity contribution < 1.29 is 23.4 Å². The third kappa shape index (κ3) is 2.87. The van der Waals surface area contributed by atoms with Gasteiger partial charge in [0.15, 0.2) is 6.61 Å². The monoisotopic (exact) mass is 268 g/mol. The molecule has 1 aromatic carbocycles. The first-order valence-corrected chi connectivity index (χ1v) is 5.31. The molecule has 0 radical (unpaired) electrons. The van der Waals surface area contributed by atoms with Crippen LogP contribution in [0.5, 0.6) is 5.88 Å². The van der Waals surface area contributed by atoms with Gasteiger partial charge in [-0.2, -0.15) is 0 Å². The average Bonchev–Trinajstić information content (AvgIpc) is 2.68. The van der Waals surface area contributed by atoms with Crippen LogP contribution in [0.4, 0.5) is 8.78 Å². The van der Waals surface area contributed by atoms with Crippen LogP contribution in [0.2, 0.25) is 0 Å². The lowest BCUT2D eigenvalue weighted by molar-refractivity contribution is -0.139. The quantitative estimate of drug-likeness (QED) is 0.918. The summed E-state index contributed by atoms with van der Waals surface area (Å²) < 4.78 is 32.7. The molecule has 0 spiro atoms. The topological polar surface area (TPSA) is 64.4 Å². The lowest BCUT2D eigenvalue weighted by atomic mass is 10.1. The number of hydrogen-bond donors (Lipinski definition) is 1. The summed E-state index contributed by atoms with van der Waals surface area (Å²) in [5, 5.41) is 12.4. The Kier molecular flexibility index (Phi) is 3.46. The van der Waals surface area contributed by atoms with Crippen LogP contribution in [0.1, 0.15) is 0 Å². The molecule has 0 saturated carbocycles. The number of nitrogens with zero attached hydrogens (tertiary/aromatic N) is 2. The fraction of sp³-hybridized carbons (Fsp3) is 0.167. The number of ether oxygens (including phenoxy) is 1. The first-order valence-electron chi connectivity index (χ1n) is 5.31. The van der Waals surface area contributed by atoms with Crippen LogP contribution in [0.25, 0.3) is 11.3 Å². The molecule has 19 heavy (non-hydrogen) atoms. The van der Waals surface area contributed by atoms with Crippen LogP contribution < -0.4 is 4.74 Å². The zero-order chi connectivity index (χ0) is 14.0. The molecule has 1 aromatic heterocycles. The van der Waals surface area contributed by atoms with Crippen molar-refractivity contribution in [1.29, 1.82) is 0 Å². The molecular weight excluding hydrogens is 258 g/mol. The van der Waals surface area contributed by atoms with E-state index in [1.165, 1.54) is 16.8 Å². The van der Waals surface area contributed by atoms with Gasteiger partial charge in [-0.1, -0.05) is 0 Å². The average molecular weight is 268 g/mol. The Morgan fingerprint density at radius 3 is 2.79 bits per heavy atom. The van der Waals surface area contributed by atoms with Crippen molar-refractivity contribution in [2.24, 2.45) is 7.05 Å². The Bertz CT molecular complexity index is 625. The van der Waals surface area contributed by atoms with Crippen LogP contribution in [-0.4, -0.2) is 27.5 Å². The molecule has 2 rings (SSSR count). The highest BCUT2D eigenvalue weighted by molar-refractivity contribution is 5.68. The molecule has 1 heterocycles. The van der Waals surface area contributed by atoms with Gasteiger partial charge in [-0.3, -0.25) is 4.68 Å². The molecule has 0 amide bonds. The normalized spacial score (nSPS) is 10.5. The van der Waals surface area contributed by atoms with Gasteiger partial charge in [0.25, 0.3) is 0 Å².